The van der Waals surface area contributed by atoms with Gasteiger partial charge in [-0.05, 0) is 28.1 Å². The van der Waals surface area contributed by atoms with Crippen molar-refractivity contribution in [3.8, 4) is 10.7 Å². The van der Waals surface area contributed by atoms with Crippen LogP contribution in [0.2, 0.25) is 4.34 Å². The van der Waals surface area contributed by atoms with E-state index in [0.29, 0.717) is 12.4 Å². The Bertz CT molecular complexity index is 561. The SMILES string of the molecule is CNc1nc(-c2ccc(Cl)s2)nc(COC)c1Br. The van der Waals surface area contributed by atoms with Gasteiger partial charge in [0.2, 0.25) is 0 Å². The van der Waals surface area contributed by atoms with Crippen LogP contribution in [0.25, 0.3) is 10.7 Å². The predicted octanol–water partition coefficient (Wildman–Crippen LogP) is 3.81. The van der Waals surface area contributed by atoms with E-state index in [1.165, 1.54) is 11.3 Å². The second-order valence-corrected chi connectivity index (χ2v) is 5.95. The largest absolute Gasteiger partial charge is 0.378 e. The third-order valence-corrected chi connectivity index (χ3v) is 4.29. The van der Waals surface area contributed by atoms with Gasteiger partial charge in [-0.3, -0.25) is 0 Å². The topological polar surface area (TPSA) is 47.0 Å². The number of nitrogens with zero attached hydrogens (tertiary/aromatic N) is 2. The Morgan fingerprint density at radius 1 is 1.44 bits per heavy atom. The van der Waals surface area contributed by atoms with Gasteiger partial charge < -0.3 is 10.1 Å². The molecule has 96 valence electrons. The summed E-state index contributed by atoms with van der Waals surface area (Å²) in [5.41, 5.74) is 0.802. The minimum Gasteiger partial charge on any atom is -0.378 e. The van der Waals surface area contributed by atoms with E-state index in [0.717, 1.165) is 25.2 Å². The lowest BCUT2D eigenvalue weighted by molar-refractivity contribution is 0.181. The summed E-state index contributed by atoms with van der Waals surface area (Å²) in [7, 11) is 3.45. The fourth-order valence-corrected chi connectivity index (χ4v) is 2.90. The Labute approximate surface area is 122 Å². The molecule has 0 spiro atoms. The van der Waals surface area contributed by atoms with Gasteiger partial charge in [-0.2, -0.15) is 0 Å². The van der Waals surface area contributed by atoms with Gasteiger partial charge in [-0.25, -0.2) is 9.97 Å². The molecule has 7 heteroatoms. The van der Waals surface area contributed by atoms with Gasteiger partial charge in [-0.15, -0.1) is 11.3 Å². The molecular weight excluding hydrogens is 338 g/mol. The summed E-state index contributed by atoms with van der Waals surface area (Å²) >= 11 is 10.8. The third-order valence-electron chi connectivity index (χ3n) is 2.23. The van der Waals surface area contributed by atoms with Gasteiger partial charge in [0.15, 0.2) is 5.82 Å². The molecule has 0 unspecified atom stereocenters. The first-order chi connectivity index (χ1) is 8.65. The van der Waals surface area contributed by atoms with Gasteiger partial charge in [0, 0.05) is 14.2 Å². The first-order valence-corrected chi connectivity index (χ1v) is 7.13. The van der Waals surface area contributed by atoms with Gasteiger partial charge in [-0.1, -0.05) is 11.6 Å². The maximum atomic E-state index is 5.93. The van der Waals surface area contributed by atoms with Crippen molar-refractivity contribution in [1.82, 2.24) is 9.97 Å². The molecule has 0 aliphatic rings. The van der Waals surface area contributed by atoms with Crippen molar-refractivity contribution in [2.75, 3.05) is 19.5 Å². The Balaban J connectivity index is 2.51. The number of hydrogen-bond acceptors (Lipinski definition) is 5. The Morgan fingerprint density at radius 3 is 2.78 bits per heavy atom. The van der Waals surface area contributed by atoms with Crippen molar-refractivity contribution in [3.63, 3.8) is 0 Å². The number of thiophene rings is 1. The predicted molar refractivity (Wildman–Crippen MR) is 78.3 cm³/mol. The number of hydrogen-bond donors (Lipinski definition) is 1. The Morgan fingerprint density at radius 2 is 2.22 bits per heavy atom. The average Bonchev–Trinajstić information content (AvgIpc) is 2.79. The minimum absolute atomic E-state index is 0.421. The molecule has 2 aromatic heterocycles. The smallest absolute Gasteiger partial charge is 0.172 e. The molecule has 2 rings (SSSR count). The summed E-state index contributed by atoms with van der Waals surface area (Å²) in [5.74, 6) is 1.38. The van der Waals surface area contributed by atoms with E-state index in [1.807, 2.05) is 19.2 Å². The number of methoxy groups -OCH3 is 1. The molecule has 0 bridgehead atoms. The summed E-state index contributed by atoms with van der Waals surface area (Å²) in [4.78, 5) is 9.86. The normalized spacial score (nSPS) is 10.7. The van der Waals surface area contributed by atoms with E-state index < -0.39 is 0 Å². The second-order valence-electron chi connectivity index (χ2n) is 3.44. The van der Waals surface area contributed by atoms with Crippen LogP contribution in [0.4, 0.5) is 5.82 Å². The standard InChI is InChI=1S/C11H11BrClN3OS/c1-14-11-9(12)6(5-17-2)15-10(16-11)7-3-4-8(13)18-7/h3-4H,5H2,1-2H3,(H,14,15,16). The lowest BCUT2D eigenvalue weighted by atomic mass is 10.3. The summed E-state index contributed by atoms with van der Waals surface area (Å²) in [6, 6.07) is 3.74. The molecular formula is C11H11BrClN3OS. The molecule has 0 amide bonds. The lowest BCUT2D eigenvalue weighted by Crippen LogP contribution is -2.03. The molecule has 4 nitrogen and oxygen atoms in total. The number of nitrogens with one attached hydrogen (secondary N) is 1. The van der Waals surface area contributed by atoms with E-state index in [9.17, 15) is 0 Å². The van der Waals surface area contributed by atoms with Crippen LogP contribution in [-0.4, -0.2) is 24.1 Å². The van der Waals surface area contributed by atoms with Gasteiger partial charge in [0.25, 0.3) is 0 Å². The van der Waals surface area contributed by atoms with E-state index in [4.69, 9.17) is 16.3 Å². The van der Waals surface area contributed by atoms with Gasteiger partial charge in [0.05, 0.1) is 26.0 Å². The maximum absolute atomic E-state index is 5.93. The van der Waals surface area contributed by atoms with E-state index in [-0.39, 0.29) is 0 Å². The zero-order valence-electron chi connectivity index (χ0n) is 9.83. The summed E-state index contributed by atoms with van der Waals surface area (Å²) in [5, 5.41) is 3.03. The Hall–Kier alpha value is -0.690. The minimum atomic E-state index is 0.421. The maximum Gasteiger partial charge on any atom is 0.172 e. The highest BCUT2D eigenvalue weighted by Crippen LogP contribution is 2.32. The fourth-order valence-electron chi connectivity index (χ4n) is 1.44. The van der Waals surface area contributed by atoms with Crippen LogP contribution in [0.15, 0.2) is 16.6 Å². The van der Waals surface area contributed by atoms with Crippen molar-refractivity contribution >= 4 is 44.7 Å². The monoisotopic (exact) mass is 347 g/mol. The molecule has 0 saturated carbocycles. The summed E-state index contributed by atoms with van der Waals surface area (Å²) in [6.07, 6.45) is 0. The summed E-state index contributed by atoms with van der Waals surface area (Å²) in [6.45, 7) is 0.421. The highest BCUT2D eigenvalue weighted by molar-refractivity contribution is 9.10. The molecule has 0 aliphatic carbocycles. The number of anilines is 1. The third kappa shape index (κ3) is 2.83. The van der Waals surface area contributed by atoms with Crippen LogP contribution in [0.5, 0.6) is 0 Å². The number of ether oxygens (including phenoxy) is 1. The molecule has 0 aliphatic heterocycles. The van der Waals surface area contributed by atoms with E-state index in [1.54, 1.807) is 7.11 Å². The van der Waals surface area contributed by atoms with Crippen LogP contribution in [0.1, 0.15) is 5.69 Å². The molecule has 2 heterocycles. The molecule has 0 aromatic carbocycles. The zero-order chi connectivity index (χ0) is 13.1. The van der Waals surface area contributed by atoms with Crippen molar-refractivity contribution < 1.29 is 4.74 Å². The highest BCUT2D eigenvalue weighted by atomic mass is 79.9. The van der Waals surface area contributed by atoms with Crippen LogP contribution in [0, 0.1) is 0 Å². The number of aromatic nitrogens is 2. The van der Waals surface area contributed by atoms with Gasteiger partial charge >= 0.3 is 0 Å². The first kappa shape index (κ1) is 13.7. The van der Waals surface area contributed by atoms with Crippen molar-refractivity contribution in [2.24, 2.45) is 0 Å². The van der Waals surface area contributed by atoms with Crippen LogP contribution >= 0.6 is 38.9 Å². The molecule has 0 radical (unpaired) electrons. The Kier molecular flexibility index (Phi) is 4.55. The van der Waals surface area contributed by atoms with Crippen LogP contribution < -0.4 is 5.32 Å². The molecule has 0 fully saturated rings. The first-order valence-electron chi connectivity index (χ1n) is 5.14. The molecule has 18 heavy (non-hydrogen) atoms. The number of rotatable bonds is 4. The van der Waals surface area contributed by atoms with Gasteiger partial charge in [0.1, 0.15) is 5.82 Å². The molecule has 0 atom stereocenters. The van der Waals surface area contributed by atoms with Crippen LogP contribution in [-0.2, 0) is 11.3 Å². The highest BCUT2D eigenvalue weighted by Gasteiger charge is 2.13. The number of halogens is 2. The van der Waals surface area contributed by atoms with E-state index >= 15 is 0 Å². The quantitative estimate of drug-likeness (QED) is 0.912. The summed E-state index contributed by atoms with van der Waals surface area (Å²) < 4.78 is 6.67. The molecule has 1 N–H and O–H groups in total. The van der Waals surface area contributed by atoms with Crippen molar-refractivity contribution in [2.45, 2.75) is 6.61 Å². The lowest BCUT2D eigenvalue weighted by Gasteiger charge is -2.09. The van der Waals surface area contributed by atoms with Crippen molar-refractivity contribution in [1.29, 1.82) is 0 Å². The van der Waals surface area contributed by atoms with Crippen LogP contribution in [0.3, 0.4) is 0 Å². The average molecular weight is 349 g/mol. The molecule has 0 saturated heterocycles. The van der Waals surface area contributed by atoms with Crippen molar-refractivity contribution in [3.05, 3.63) is 26.6 Å². The fraction of sp³-hybridized carbons (Fsp3) is 0.273. The van der Waals surface area contributed by atoms with E-state index in [2.05, 4.69) is 31.2 Å². The molecule has 2 aromatic rings. The zero-order valence-corrected chi connectivity index (χ0v) is 13.0. The second kappa shape index (κ2) is 5.97.